The number of aromatic carboxylic acids is 1. The van der Waals surface area contributed by atoms with Gasteiger partial charge in [-0.3, -0.25) is 9.97 Å². The Morgan fingerprint density at radius 2 is 1.56 bits per heavy atom. The summed E-state index contributed by atoms with van der Waals surface area (Å²) in [7, 11) is 0. The maximum absolute atomic E-state index is 11.4. The lowest BCUT2D eigenvalue weighted by atomic mass is 10.0. The predicted molar refractivity (Wildman–Crippen MR) is 99.4 cm³/mol. The average Bonchev–Trinajstić information content (AvgIpc) is 2.65. The average molecular weight is 326 g/mol. The first kappa shape index (κ1) is 15.0. The minimum absolute atomic E-state index is 0.261. The van der Waals surface area contributed by atoms with Crippen LogP contribution in [0.2, 0.25) is 0 Å². The van der Waals surface area contributed by atoms with E-state index in [2.05, 4.69) is 16.0 Å². The van der Waals surface area contributed by atoms with Gasteiger partial charge in [0.05, 0.1) is 16.6 Å². The molecular formula is C21H14N2O2. The topological polar surface area (TPSA) is 63.1 Å². The molecule has 0 fully saturated rings. The van der Waals surface area contributed by atoms with Gasteiger partial charge in [0.2, 0.25) is 0 Å². The van der Waals surface area contributed by atoms with Crippen LogP contribution in [-0.2, 0) is 0 Å². The standard InChI is InChI=1S/C21H14N2O2/c24-21(25)17-9-11-23-20-8-6-15(13-18(17)20)4-3-14-5-7-19-16(12-14)2-1-10-22-19/h1-13H,(H,24,25)/b4-3+. The van der Waals surface area contributed by atoms with Gasteiger partial charge >= 0.3 is 5.97 Å². The quantitative estimate of drug-likeness (QED) is 0.557. The molecule has 0 unspecified atom stereocenters. The number of carbonyl (C=O) groups is 1. The van der Waals surface area contributed by atoms with Gasteiger partial charge in [-0.1, -0.05) is 30.4 Å². The number of benzene rings is 2. The predicted octanol–water partition coefficient (Wildman–Crippen LogP) is 4.65. The van der Waals surface area contributed by atoms with Crippen molar-refractivity contribution in [1.82, 2.24) is 9.97 Å². The van der Waals surface area contributed by atoms with E-state index in [1.165, 1.54) is 12.3 Å². The molecule has 4 aromatic rings. The molecule has 4 heteroatoms. The van der Waals surface area contributed by atoms with E-state index in [9.17, 15) is 9.90 Å². The van der Waals surface area contributed by atoms with Crippen molar-refractivity contribution in [2.24, 2.45) is 0 Å². The van der Waals surface area contributed by atoms with Gasteiger partial charge in [0.1, 0.15) is 0 Å². The van der Waals surface area contributed by atoms with Crippen LogP contribution >= 0.6 is 0 Å². The second-order valence-electron chi connectivity index (χ2n) is 5.73. The summed E-state index contributed by atoms with van der Waals surface area (Å²) in [4.78, 5) is 19.9. The molecule has 120 valence electrons. The number of hydrogen-bond acceptors (Lipinski definition) is 3. The van der Waals surface area contributed by atoms with Gasteiger partial charge in [-0.25, -0.2) is 4.79 Å². The lowest BCUT2D eigenvalue weighted by molar-refractivity contribution is 0.0699. The van der Waals surface area contributed by atoms with Gasteiger partial charge in [0.25, 0.3) is 0 Å². The molecule has 0 aliphatic heterocycles. The molecule has 0 spiro atoms. The zero-order chi connectivity index (χ0) is 17.2. The highest BCUT2D eigenvalue weighted by Gasteiger charge is 2.08. The van der Waals surface area contributed by atoms with Crippen molar-refractivity contribution in [2.45, 2.75) is 0 Å². The summed E-state index contributed by atoms with van der Waals surface area (Å²) in [6, 6.07) is 17.2. The van der Waals surface area contributed by atoms with E-state index in [-0.39, 0.29) is 5.56 Å². The number of fused-ring (bicyclic) bond motifs is 2. The van der Waals surface area contributed by atoms with Crippen molar-refractivity contribution in [3.8, 4) is 0 Å². The van der Waals surface area contributed by atoms with Crippen LogP contribution in [0.5, 0.6) is 0 Å². The second-order valence-corrected chi connectivity index (χ2v) is 5.73. The molecule has 0 aliphatic rings. The van der Waals surface area contributed by atoms with Crippen LogP contribution in [0.25, 0.3) is 34.0 Å². The molecule has 1 N–H and O–H groups in total. The zero-order valence-electron chi connectivity index (χ0n) is 13.3. The number of aromatic nitrogens is 2. The monoisotopic (exact) mass is 326 g/mol. The Balaban J connectivity index is 1.72. The first-order chi connectivity index (χ1) is 12.2. The SMILES string of the molecule is O=C(O)c1ccnc2ccc(/C=C/c3ccc4ncccc4c3)cc12. The summed E-state index contributed by atoms with van der Waals surface area (Å²) in [5, 5.41) is 11.1. The van der Waals surface area contributed by atoms with Crippen molar-refractivity contribution >= 4 is 39.9 Å². The third-order valence-corrected chi connectivity index (χ3v) is 4.09. The molecule has 4 rings (SSSR count). The Morgan fingerprint density at radius 1 is 0.840 bits per heavy atom. The van der Waals surface area contributed by atoms with Gasteiger partial charge in [-0.2, -0.15) is 0 Å². The smallest absolute Gasteiger partial charge is 0.336 e. The highest BCUT2D eigenvalue weighted by atomic mass is 16.4. The number of carboxylic acid groups (broad SMARTS) is 1. The molecule has 0 aliphatic carbocycles. The van der Waals surface area contributed by atoms with E-state index in [1.807, 2.05) is 54.6 Å². The Hall–Kier alpha value is -3.53. The van der Waals surface area contributed by atoms with E-state index in [4.69, 9.17) is 0 Å². The number of nitrogens with zero attached hydrogens (tertiary/aromatic N) is 2. The van der Waals surface area contributed by atoms with Gasteiger partial charge < -0.3 is 5.11 Å². The van der Waals surface area contributed by atoms with Crippen LogP contribution < -0.4 is 0 Å². The van der Waals surface area contributed by atoms with Crippen LogP contribution in [0.3, 0.4) is 0 Å². The summed E-state index contributed by atoms with van der Waals surface area (Å²) in [5.74, 6) is -0.949. The Bertz CT molecular complexity index is 1130. The van der Waals surface area contributed by atoms with Crippen molar-refractivity contribution in [3.05, 3.63) is 83.7 Å². The summed E-state index contributed by atoms with van der Waals surface area (Å²) in [6.45, 7) is 0. The van der Waals surface area contributed by atoms with Crippen molar-refractivity contribution < 1.29 is 9.90 Å². The fourth-order valence-electron chi connectivity index (χ4n) is 2.84. The molecule has 0 saturated heterocycles. The Kier molecular flexibility index (Phi) is 3.71. The molecule has 25 heavy (non-hydrogen) atoms. The fraction of sp³-hybridized carbons (Fsp3) is 0. The third kappa shape index (κ3) is 2.97. The maximum Gasteiger partial charge on any atom is 0.336 e. The van der Waals surface area contributed by atoms with E-state index >= 15 is 0 Å². The summed E-state index contributed by atoms with van der Waals surface area (Å²) >= 11 is 0. The molecule has 0 radical (unpaired) electrons. The minimum Gasteiger partial charge on any atom is -0.478 e. The molecule has 2 heterocycles. The zero-order valence-corrected chi connectivity index (χ0v) is 13.3. The first-order valence-corrected chi connectivity index (χ1v) is 7.86. The molecule has 0 saturated carbocycles. The second kappa shape index (κ2) is 6.17. The number of hydrogen-bond donors (Lipinski definition) is 1. The summed E-state index contributed by atoms with van der Waals surface area (Å²) in [6.07, 6.45) is 7.27. The lowest BCUT2D eigenvalue weighted by Gasteiger charge is -2.03. The highest BCUT2D eigenvalue weighted by molar-refractivity contribution is 6.03. The van der Waals surface area contributed by atoms with Crippen molar-refractivity contribution in [1.29, 1.82) is 0 Å². The van der Waals surface area contributed by atoms with Crippen LogP contribution in [-0.4, -0.2) is 21.0 Å². The summed E-state index contributed by atoms with van der Waals surface area (Å²) < 4.78 is 0. The van der Waals surface area contributed by atoms with Crippen LogP contribution in [0.15, 0.2) is 67.0 Å². The normalized spacial score (nSPS) is 11.4. The van der Waals surface area contributed by atoms with Gasteiger partial charge in [-0.15, -0.1) is 0 Å². The molecule has 2 aromatic carbocycles. The minimum atomic E-state index is -0.949. The maximum atomic E-state index is 11.4. The van der Waals surface area contributed by atoms with E-state index < -0.39 is 5.97 Å². The van der Waals surface area contributed by atoms with Gasteiger partial charge in [0.15, 0.2) is 0 Å². The molecule has 0 atom stereocenters. The number of carboxylic acids is 1. The van der Waals surface area contributed by atoms with Crippen molar-refractivity contribution in [2.75, 3.05) is 0 Å². The molecule has 0 amide bonds. The van der Waals surface area contributed by atoms with Gasteiger partial charge in [-0.05, 0) is 47.5 Å². The largest absolute Gasteiger partial charge is 0.478 e. The fourth-order valence-corrected chi connectivity index (χ4v) is 2.84. The van der Waals surface area contributed by atoms with E-state index in [0.29, 0.717) is 10.9 Å². The number of pyridine rings is 2. The van der Waals surface area contributed by atoms with E-state index in [1.54, 1.807) is 6.20 Å². The van der Waals surface area contributed by atoms with Crippen molar-refractivity contribution in [3.63, 3.8) is 0 Å². The first-order valence-electron chi connectivity index (χ1n) is 7.86. The lowest BCUT2D eigenvalue weighted by Crippen LogP contribution is -1.98. The molecule has 2 aromatic heterocycles. The number of rotatable bonds is 3. The van der Waals surface area contributed by atoms with Crippen LogP contribution in [0.1, 0.15) is 21.5 Å². The molecular weight excluding hydrogens is 312 g/mol. The highest BCUT2D eigenvalue weighted by Crippen LogP contribution is 2.21. The van der Waals surface area contributed by atoms with E-state index in [0.717, 1.165) is 22.0 Å². The van der Waals surface area contributed by atoms with Crippen LogP contribution in [0.4, 0.5) is 0 Å². The Morgan fingerprint density at radius 3 is 2.36 bits per heavy atom. The van der Waals surface area contributed by atoms with Crippen LogP contribution in [0, 0.1) is 0 Å². The summed E-state index contributed by atoms with van der Waals surface area (Å²) in [5.41, 5.74) is 3.88. The molecule has 0 bridgehead atoms. The molecule has 4 nitrogen and oxygen atoms in total. The third-order valence-electron chi connectivity index (χ3n) is 4.09. The Labute approximate surface area is 144 Å². The van der Waals surface area contributed by atoms with Gasteiger partial charge in [0, 0.05) is 23.2 Å².